The lowest BCUT2D eigenvalue weighted by Crippen LogP contribution is -2.13. The molecule has 1 unspecified atom stereocenters. The first-order chi connectivity index (χ1) is 9.61. The number of benzene rings is 2. The van der Waals surface area contributed by atoms with Crippen molar-refractivity contribution in [3.8, 4) is 5.75 Å². The highest BCUT2D eigenvalue weighted by molar-refractivity contribution is 6.33. The van der Waals surface area contributed by atoms with Crippen LogP contribution in [0.15, 0.2) is 42.5 Å². The summed E-state index contributed by atoms with van der Waals surface area (Å²) in [7, 11) is 1.61. The van der Waals surface area contributed by atoms with Crippen LogP contribution in [-0.4, -0.2) is 18.8 Å². The van der Waals surface area contributed by atoms with Crippen LogP contribution in [0.1, 0.15) is 17.2 Å². The average molecular weight is 292 g/mol. The molecule has 0 radical (unpaired) electrons. The van der Waals surface area contributed by atoms with Gasteiger partial charge in [-0.1, -0.05) is 35.9 Å². The number of anilines is 1. The van der Waals surface area contributed by atoms with Gasteiger partial charge in [-0.2, -0.15) is 0 Å². The van der Waals surface area contributed by atoms with E-state index in [0.29, 0.717) is 11.6 Å². The molecule has 0 fully saturated rings. The highest BCUT2D eigenvalue weighted by atomic mass is 35.5. The first-order valence-corrected chi connectivity index (χ1v) is 6.80. The van der Waals surface area contributed by atoms with Crippen molar-refractivity contribution >= 4 is 17.3 Å². The van der Waals surface area contributed by atoms with Crippen LogP contribution in [0.25, 0.3) is 0 Å². The maximum absolute atomic E-state index is 10.2. The third-order valence-corrected chi connectivity index (χ3v) is 3.49. The van der Waals surface area contributed by atoms with Gasteiger partial charge in [0.25, 0.3) is 0 Å². The summed E-state index contributed by atoms with van der Waals surface area (Å²) in [6.45, 7) is 2.36. The first-order valence-electron chi connectivity index (χ1n) is 6.43. The predicted molar refractivity (Wildman–Crippen MR) is 82.6 cm³/mol. The van der Waals surface area contributed by atoms with Gasteiger partial charge >= 0.3 is 0 Å². The lowest BCUT2D eigenvalue weighted by molar-refractivity contribution is 0.191. The largest absolute Gasteiger partial charge is 0.497 e. The Balaban J connectivity index is 2.06. The minimum absolute atomic E-state index is 0.387. The van der Waals surface area contributed by atoms with Crippen molar-refractivity contribution in [3.05, 3.63) is 58.6 Å². The predicted octanol–water partition coefficient (Wildman–Crippen LogP) is 3.80. The molecule has 0 aliphatic carbocycles. The molecule has 0 aromatic heterocycles. The monoisotopic (exact) mass is 291 g/mol. The molecule has 2 rings (SSSR count). The van der Waals surface area contributed by atoms with Crippen LogP contribution in [0, 0.1) is 6.92 Å². The van der Waals surface area contributed by atoms with E-state index in [2.05, 4.69) is 5.32 Å². The average Bonchev–Trinajstić information content (AvgIpc) is 2.46. The standard InChI is InChI=1S/C16H18ClNO2/c1-11-5-3-8-14(17)16(11)18-10-15(19)12-6-4-7-13(9-12)20-2/h3-9,15,18-19H,10H2,1-2H3. The number of nitrogens with one attached hydrogen (secondary N) is 1. The molecule has 0 amide bonds. The molecule has 0 heterocycles. The van der Waals surface area contributed by atoms with Gasteiger partial charge < -0.3 is 15.2 Å². The van der Waals surface area contributed by atoms with Crippen molar-refractivity contribution < 1.29 is 9.84 Å². The van der Waals surface area contributed by atoms with Gasteiger partial charge in [0.05, 0.1) is 23.9 Å². The third-order valence-electron chi connectivity index (χ3n) is 3.17. The Bertz CT molecular complexity index is 566. The van der Waals surface area contributed by atoms with Crippen molar-refractivity contribution in [2.45, 2.75) is 13.0 Å². The number of aliphatic hydroxyl groups excluding tert-OH is 1. The maximum atomic E-state index is 10.2. The summed E-state index contributed by atoms with van der Waals surface area (Å²) in [6.07, 6.45) is -0.624. The molecule has 0 aliphatic rings. The number of para-hydroxylation sites is 1. The van der Waals surface area contributed by atoms with Gasteiger partial charge in [-0.3, -0.25) is 0 Å². The van der Waals surface area contributed by atoms with Gasteiger partial charge in [-0.05, 0) is 36.2 Å². The molecule has 2 aromatic rings. The van der Waals surface area contributed by atoms with Crippen LogP contribution in [0.4, 0.5) is 5.69 Å². The van der Waals surface area contributed by atoms with E-state index in [4.69, 9.17) is 16.3 Å². The SMILES string of the molecule is COc1cccc(C(O)CNc2c(C)cccc2Cl)c1. The molecule has 20 heavy (non-hydrogen) atoms. The molecule has 3 nitrogen and oxygen atoms in total. The van der Waals surface area contributed by atoms with Gasteiger partial charge in [0.1, 0.15) is 5.75 Å². The normalized spacial score (nSPS) is 12.0. The van der Waals surface area contributed by atoms with Crippen LogP contribution >= 0.6 is 11.6 Å². The van der Waals surface area contributed by atoms with E-state index in [1.807, 2.05) is 49.4 Å². The summed E-state index contributed by atoms with van der Waals surface area (Å²) in [5.74, 6) is 0.732. The van der Waals surface area contributed by atoms with Gasteiger partial charge in [-0.15, -0.1) is 0 Å². The van der Waals surface area contributed by atoms with Crippen LogP contribution in [0.5, 0.6) is 5.75 Å². The number of aliphatic hydroxyl groups is 1. The number of methoxy groups -OCH3 is 1. The van der Waals surface area contributed by atoms with Crippen LogP contribution < -0.4 is 10.1 Å². The molecule has 106 valence electrons. The van der Waals surface area contributed by atoms with Gasteiger partial charge in [0.15, 0.2) is 0 Å². The van der Waals surface area contributed by atoms with E-state index in [1.54, 1.807) is 7.11 Å². The number of aryl methyl sites for hydroxylation is 1. The number of rotatable bonds is 5. The van der Waals surface area contributed by atoms with Crippen molar-refractivity contribution in [2.75, 3.05) is 19.0 Å². The number of hydrogen-bond acceptors (Lipinski definition) is 3. The lowest BCUT2D eigenvalue weighted by atomic mass is 10.1. The molecule has 4 heteroatoms. The Labute approximate surface area is 124 Å². The van der Waals surface area contributed by atoms with Gasteiger partial charge in [0.2, 0.25) is 0 Å². The second kappa shape index (κ2) is 6.64. The zero-order chi connectivity index (χ0) is 14.5. The first kappa shape index (κ1) is 14.7. The topological polar surface area (TPSA) is 41.5 Å². The Morgan fingerprint density at radius 2 is 2.00 bits per heavy atom. The number of ether oxygens (including phenoxy) is 1. The van der Waals surface area contributed by atoms with Crippen LogP contribution in [-0.2, 0) is 0 Å². The van der Waals surface area contributed by atoms with E-state index in [-0.39, 0.29) is 0 Å². The van der Waals surface area contributed by atoms with Gasteiger partial charge in [0, 0.05) is 6.54 Å². The van der Waals surface area contributed by atoms with E-state index in [1.165, 1.54) is 0 Å². The number of halogens is 1. The zero-order valence-corrected chi connectivity index (χ0v) is 12.3. The van der Waals surface area contributed by atoms with Crippen molar-refractivity contribution in [1.82, 2.24) is 0 Å². The van der Waals surface area contributed by atoms with Crippen molar-refractivity contribution in [3.63, 3.8) is 0 Å². The number of hydrogen-bond donors (Lipinski definition) is 2. The maximum Gasteiger partial charge on any atom is 0.119 e. The summed E-state index contributed by atoms with van der Waals surface area (Å²) < 4.78 is 5.15. The van der Waals surface area contributed by atoms with Crippen molar-refractivity contribution in [2.24, 2.45) is 0 Å². The quantitative estimate of drug-likeness (QED) is 0.880. The van der Waals surface area contributed by atoms with E-state index in [0.717, 1.165) is 22.6 Å². The molecular weight excluding hydrogens is 274 g/mol. The zero-order valence-electron chi connectivity index (χ0n) is 11.6. The fourth-order valence-corrected chi connectivity index (χ4v) is 2.31. The Morgan fingerprint density at radius 3 is 2.70 bits per heavy atom. The van der Waals surface area contributed by atoms with E-state index in [9.17, 15) is 5.11 Å². The summed E-state index contributed by atoms with van der Waals surface area (Å²) in [4.78, 5) is 0. The third kappa shape index (κ3) is 3.44. The van der Waals surface area contributed by atoms with Crippen LogP contribution in [0.3, 0.4) is 0 Å². The smallest absolute Gasteiger partial charge is 0.119 e. The summed E-state index contributed by atoms with van der Waals surface area (Å²) >= 11 is 6.14. The van der Waals surface area contributed by atoms with Crippen LogP contribution in [0.2, 0.25) is 5.02 Å². The van der Waals surface area contributed by atoms with Gasteiger partial charge in [-0.25, -0.2) is 0 Å². The molecule has 1 atom stereocenters. The molecule has 0 spiro atoms. The minimum atomic E-state index is -0.624. The Morgan fingerprint density at radius 1 is 1.25 bits per heavy atom. The summed E-state index contributed by atoms with van der Waals surface area (Å²) in [5, 5.41) is 14.1. The molecule has 0 saturated heterocycles. The summed E-state index contributed by atoms with van der Waals surface area (Å²) in [5.41, 5.74) is 2.72. The molecule has 0 aliphatic heterocycles. The second-order valence-electron chi connectivity index (χ2n) is 4.61. The fourth-order valence-electron chi connectivity index (χ4n) is 2.02. The molecule has 2 aromatic carbocycles. The van der Waals surface area contributed by atoms with E-state index < -0.39 is 6.10 Å². The fraction of sp³-hybridized carbons (Fsp3) is 0.250. The summed E-state index contributed by atoms with van der Waals surface area (Å²) in [6, 6.07) is 13.1. The molecule has 0 bridgehead atoms. The molecule has 2 N–H and O–H groups in total. The lowest BCUT2D eigenvalue weighted by Gasteiger charge is -2.16. The molecule has 0 saturated carbocycles. The second-order valence-corrected chi connectivity index (χ2v) is 5.01. The molecular formula is C16H18ClNO2. The van der Waals surface area contributed by atoms with E-state index >= 15 is 0 Å². The Kier molecular flexibility index (Phi) is 4.88. The van der Waals surface area contributed by atoms with Crippen molar-refractivity contribution in [1.29, 1.82) is 0 Å². The highest BCUT2D eigenvalue weighted by Crippen LogP contribution is 2.26. The minimum Gasteiger partial charge on any atom is -0.497 e. The highest BCUT2D eigenvalue weighted by Gasteiger charge is 2.10. The Hall–Kier alpha value is -1.71.